The molecule has 3 rings (SSSR count). The lowest BCUT2D eigenvalue weighted by atomic mass is 10.0. The van der Waals surface area contributed by atoms with Crippen molar-refractivity contribution in [1.82, 2.24) is 4.90 Å². The van der Waals surface area contributed by atoms with E-state index in [9.17, 15) is 17.9 Å². The first-order valence-corrected chi connectivity index (χ1v) is 8.90. The van der Waals surface area contributed by atoms with Crippen molar-refractivity contribution in [2.45, 2.75) is 22.6 Å². The first kappa shape index (κ1) is 18.9. The van der Waals surface area contributed by atoms with Gasteiger partial charge in [0.05, 0.1) is 4.90 Å². The van der Waals surface area contributed by atoms with Crippen LogP contribution in [0.4, 0.5) is 4.39 Å². The van der Waals surface area contributed by atoms with Crippen molar-refractivity contribution >= 4 is 26.8 Å². The zero-order chi connectivity index (χ0) is 16.6. The van der Waals surface area contributed by atoms with E-state index in [1.54, 1.807) is 12.1 Å². The number of nitrogens with zero attached hydrogens (tertiary/aromatic N) is 1. The van der Waals surface area contributed by atoms with Crippen molar-refractivity contribution in [2.75, 3.05) is 20.1 Å². The molecular formula is C17H19BrFNO3S. The van der Waals surface area contributed by atoms with Crippen LogP contribution in [0.1, 0.15) is 11.1 Å². The third-order valence-electron chi connectivity index (χ3n) is 4.22. The predicted octanol–water partition coefficient (Wildman–Crippen LogP) is 2.97. The number of hydrogen-bond acceptors (Lipinski definition) is 4. The topological polar surface area (TPSA) is 57.6 Å². The Kier molecular flexibility index (Phi) is 5.67. The third-order valence-corrected chi connectivity index (χ3v) is 6.02. The highest BCUT2D eigenvalue weighted by molar-refractivity contribution is 8.93. The molecule has 0 aromatic heterocycles. The fourth-order valence-corrected chi connectivity index (χ4v) is 4.19. The largest absolute Gasteiger partial charge is 0.507 e. The van der Waals surface area contributed by atoms with Gasteiger partial charge in [0.15, 0.2) is 0 Å². The summed E-state index contributed by atoms with van der Waals surface area (Å²) in [5.41, 5.74) is 1.91. The van der Waals surface area contributed by atoms with E-state index < -0.39 is 15.7 Å². The molecule has 2 aromatic rings. The number of sulfone groups is 1. The maximum atomic E-state index is 13.0. The normalized spacial score (nSPS) is 15.2. The smallest absolute Gasteiger partial charge is 0.210 e. The Morgan fingerprint density at radius 3 is 2.17 bits per heavy atom. The summed E-state index contributed by atoms with van der Waals surface area (Å²) in [4.78, 5) is 2.03. The van der Waals surface area contributed by atoms with Gasteiger partial charge in [0.25, 0.3) is 0 Å². The number of halogens is 2. The number of likely N-dealkylation sites (N-methyl/N-ethyl adjacent to an activating group) is 1. The van der Waals surface area contributed by atoms with E-state index in [2.05, 4.69) is 4.90 Å². The summed E-state index contributed by atoms with van der Waals surface area (Å²) in [5.74, 6) is -0.754. The molecular weight excluding hydrogens is 397 g/mol. The number of rotatable bonds is 2. The predicted molar refractivity (Wildman–Crippen MR) is 95.2 cm³/mol. The van der Waals surface area contributed by atoms with Gasteiger partial charge in [-0.2, -0.15) is 0 Å². The molecule has 7 heteroatoms. The minimum Gasteiger partial charge on any atom is -0.507 e. The Bertz CT molecular complexity index is 838. The monoisotopic (exact) mass is 415 g/mol. The van der Waals surface area contributed by atoms with Crippen molar-refractivity contribution in [3.05, 3.63) is 53.3 Å². The summed E-state index contributed by atoms with van der Waals surface area (Å²) in [6.45, 7) is 1.71. The van der Waals surface area contributed by atoms with Crippen molar-refractivity contribution in [3.8, 4) is 5.75 Å². The van der Waals surface area contributed by atoms with Gasteiger partial charge in [-0.05, 0) is 67.4 Å². The number of aromatic hydroxyl groups is 1. The van der Waals surface area contributed by atoms with Gasteiger partial charge in [0.1, 0.15) is 16.5 Å². The van der Waals surface area contributed by atoms with E-state index in [-0.39, 0.29) is 32.5 Å². The van der Waals surface area contributed by atoms with Gasteiger partial charge < -0.3 is 10.0 Å². The van der Waals surface area contributed by atoms with Crippen LogP contribution < -0.4 is 0 Å². The van der Waals surface area contributed by atoms with E-state index in [0.29, 0.717) is 0 Å². The summed E-state index contributed by atoms with van der Waals surface area (Å²) in [7, 11) is -1.86. The first-order valence-electron chi connectivity index (χ1n) is 7.42. The second-order valence-electron chi connectivity index (χ2n) is 5.85. The fraction of sp³-hybridized carbons (Fsp3) is 0.294. The molecule has 1 N–H and O–H groups in total. The van der Waals surface area contributed by atoms with Crippen molar-refractivity contribution in [2.24, 2.45) is 0 Å². The zero-order valence-electron chi connectivity index (χ0n) is 13.2. The number of phenols is 1. The average Bonchev–Trinajstić information content (AvgIpc) is 2.69. The average molecular weight is 416 g/mol. The van der Waals surface area contributed by atoms with Crippen LogP contribution in [0.15, 0.2) is 46.2 Å². The van der Waals surface area contributed by atoms with Crippen molar-refractivity contribution in [3.63, 3.8) is 0 Å². The molecule has 0 saturated heterocycles. The number of benzene rings is 2. The van der Waals surface area contributed by atoms with Crippen LogP contribution >= 0.6 is 17.0 Å². The number of phenolic OH excluding ortho intramolecular Hbond substituents is 1. The molecule has 0 fully saturated rings. The lowest BCUT2D eigenvalue weighted by molar-refractivity contribution is 0.352. The summed E-state index contributed by atoms with van der Waals surface area (Å²) in [5, 5.41) is 10.2. The van der Waals surface area contributed by atoms with Gasteiger partial charge in [-0.3, -0.25) is 0 Å². The van der Waals surface area contributed by atoms with E-state index >= 15 is 0 Å². The van der Waals surface area contributed by atoms with Crippen LogP contribution in [0.2, 0.25) is 0 Å². The van der Waals surface area contributed by atoms with Crippen LogP contribution in [0, 0.1) is 5.82 Å². The molecule has 2 aromatic carbocycles. The maximum absolute atomic E-state index is 13.0. The van der Waals surface area contributed by atoms with E-state index in [0.717, 1.165) is 49.2 Å². The number of hydrogen-bond donors (Lipinski definition) is 1. The van der Waals surface area contributed by atoms with Crippen molar-refractivity contribution in [1.29, 1.82) is 0 Å². The molecule has 4 nitrogen and oxygen atoms in total. The Balaban J connectivity index is 0.00000208. The molecule has 1 aliphatic rings. The van der Waals surface area contributed by atoms with Crippen molar-refractivity contribution < 1.29 is 17.9 Å². The van der Waals surface area contributed by atoms with Gasteiger partial charge in [-0.25, -0.2) is 12.8 Å². The summed E-state index contributed by atoms with van der Waals surface area (Å²) in [6, 6.07) is 7.73. The molecule has 0 unspecified atom stereocenters. The summed E-state index contributed by atoms with van der Waals surface area (Å²) >= 11 is 0. The maximum Gasteiger partial charge on any atom is 0.210 e. The van der Waals surface area contributed by atoms with E-state index in [1.807, 2.05) is 7.05 Å². The SMILES string of the molecule is Br.CN1CCc2cc(O)c(S(=O)(=O)c3ccc(F)cc3)cc2CC1. The lowest BCUT2D eigenvalue weighted by Gasteiger charge is -2.12. The summed E-state index contributed by atoms with van der Waals surface area (Å²) < 4.78 is 38.4. The number of fused-ring (bicyclic) bond motifs is 1. The molecule has 0 amide bonds. The fourth-order valence-electron chi connectivity index (χ4n) is 2.81. The Labute approximate surface area is 151 Å². The highest BCUT2D eigenvalue weighted by Crippen LogP contribution is 2.32. The van der Waals surface area contributed by atoms with Crippen LogP contribution in [0.25, 0.3) is 0 Å². The van der Waals surface area contributed by atoms with Gasteiger partial charge in [0.2, 0.25) is 9.84 Å². The van der Waals surface area contributed by atoms with Crippen LogP contribution in [-0.4, -0.2) is 38.6 Å². The highest BCUT2D eigenvalue weighted by Gasteiger charge is 2.24. The molecule has 0 spiro atoms. The van der Waals surface area contributed by atoms with E-state index in [1.165, 1.54) is 12.1 Å². The van der Waals surface area contributed by atoms with Gasteiger partial charge >= 0.3 is 0 Å². The van der Waals surface area contributed by atoms with Crippen LogP contribution in [-0.2, 0) is 22.7 Å². The molecule has 24 heavy (non-hydrogen) atoms. The van der Waals surface area contributed by atoms with Gasteiger partial charge in [0, 0.05) is 13.1 Å². The highest BCUT2D eigenvalue weighted by atomic mass is 79.9. The zero-order valence-corrected chi connectivity index (χ0v) is 15.7. The summed E-state index contributed by atoms with van der Waals surface area (Å²) in [6.07, 6.45) is 1.51. The quantitative estimate of drug-likeness (QED) is 0.765. The second kappa shape index (κ2) is 7.21. The Morgan fingerprint density at radius 2 is 1.58 bits per heavy atom. The van der Waals surface area contributed by atoms with Crippen LogP contribution in [0.3, 0.4) is 0 Å². The van der Waals surface area contributed by atoms with Gasteiger partial charge in [-0.15, -0.1) is 17.0 Å². The Hall–Kier alpha value is -1.44. The first-order chi connectivity index (χ1) is 10.9. The lowest BCUT2D eigenvalue weighted by Crippen LogP contribution is -2.20. The standard InChI is InChI=1S/C17H18FNO3S.BrH/c1-19-8-6-12-10-16(20)17(11-13(12)7-9-19)23(21,22)15-4-2-14(18)3-5-15;/h2-5,10-11,20H,6-9H2,1H3;1H. The molecule has 0 radical (unpaired) electrons. The molecule has 0 bridgehead atoms. The third kappa shape index (κ3) is 3.63. The molecule has 0 saturated carbocycles. The molecule has 1 heterocycles. The van der Waals surface area contributed by atoms with Crippen LogP contribution in [0.5, 0.6) is 5.75 Å². The molecule has 130 valence electrons. The molecule has 0 atom stereocenters. The van der Waals surface area contributed by atoms with Gasteiger partial charge in [-0.1, -0.05) is 0 Å². The van der Waals surface area contributed by atoms with E-state index in [4.69, 9.17) is 0 Å². The Morgan fingerprint density at radius 1 is 1.04 bits per heavy atom. The minimum absolute atomic E-state index is 0. The molecule has 1 aliphatic heterocycles. The second-order valence-corrected chi connectivity index (χ2v) is 7.77. The minimum atomic E-state index is -3.88. The molecule has 0 aliphatic carbocycles.